The van der Waals surface area contributed by atoms with Gasteiger partial charge in [-0.2, -0.15) is 0 Å². The summed E-state index contributed by atoms with van der Waals surface area (Å²) in [6, 6.07) is 12.8. The van der Waals surface area contributed by atoms with Crippen molar-refractivity contribution in [1.29, 1.82) is 0 Å². The van der Waals surface area contributed by atoms with Gasteiger partial charge in [0.1, 0.15) is 5.54 Å². The van der Waals surface area contributed by atoms with Crippen molar-refractivity contribution in [3.05, 3.63) is 94.0 Å². The van der Waals surface area contributed by atoms with E-state index in [1.807, 2.05) is 24.3 Å². The van der Waals surface area contributed by atoms with E-state index in [9.17, 15) is 4.79 Å². The van der Waals surface area contributed by atoms with Gasteiger partial charge in [0.25, 0.3) is 0 Å². The first-order valence-corrected chi connectivity index (χ1v) is 10.0. The Morgan fingerprint density at radius 1 is 1.00 bits per heavy atom. The standard InChI is InChI=1S/C22H22Cl2N4O/c23-18-3-4-20(24)19(14-18)22(21(25)29,9-5-17-2-1-10-27-15-17)28-13-8-16-6-11-26-12-7-16/h1-4,6-7,10-12,14-15,28H,5,8-9,13H2,(H2,25,29). The zero-order valence-electron chi connectivity index (χ0n) is 15.8. The smallest absolute Gasteiger partial charge is 0.242 e. The molecule has 0 saturated carbocycles. The maximum absolute atomic E-state index is 12.8. The van der Waals surface area contributed by atoms with E-state index in [0.717, 1.165) is 11.1 Å². The number of nitrogens with zero attached hydrogens (tertiary/aromatic N) is 2. The highest BCUT2D eigenvalue weighted by Gasteiger charge is 2.39. The molecule has 2 aromatic heterocycles. The van der Waals surface area contributed by atoms with E-state index in [1.54, 1.807) is 43.0 Å². The molecule has 0 saturated heterocycles. The first kappa shape index (κ1) is 21.2. The highest BCUT2D eigenvalue weighted by molar-refractivity contribution is 6.34. The number of benzene rings is 1. The molecule has 1 aromatic carbocycles. The number of nitrogens with one attached hydrogen (secondary N) is 1. The molecule has 5 nitrogen and oxygen atoms in total. The quantitative estimate of drug-likeness (QED) is 0.540. The molecule has 0 spiro atoms. The van der Waals surface area contributed by atoms with Gasteiger partial charge in [-0.05, 0) is 66.8 Å². The monoisotopic (exact) mass is 428 g/mol. The Kier molecular flexibility index (Phi) is 7.20. The van der Waals surface area contributed by atoms with Crippen LogP contribution in [-0.2, 0) is 23.2 Å². The number of hydrogen-bond acceptors (Lipinski definition) is 4. The summed E-state index contributed by atoms with van der Waals surface area (Å²) in [5.74, 6) is -0.500. The minimum atomic E-state index is -1.16. The molecule has 0 radical (unpaired) electrons. The molecule has 0 fully saturated rings. The summed E-state index contributed by atoms with van der Waals surface area (Å²) >= 11 is 12.7. The number of carbonyl (C=O) groups is 1. The lowest BCUT2D eigenvalue weighted by atomic mass is 9.83. The first-order chi connectivity index (χ1) is 14.0. The number of halogens is 2. The molecule has 3 rings (SSSR count). The number of nitrogens with two attached hydrogens (primary N) is 1. The lowest BCUT2D eigenvalue weighted by molar-refractivity contribution is -0.125. The molecule has 0 aliphatic heterocycles. The maximum Gasteiger partial charge on any atom is 0.242 e. The van der Waals surface area contributed by atoms with E-state index in [2.05, 4.69) is 15.3 Å². The molecule has 1 atom stereocenters. The van der Waals surface area contributed by atoms with Gasteiger partial charge in [-0.3, -0.25) is 20.1 Å². The van der Waals surface area contributed by atoms with Gasteiger partial charge in [0.2, 0.25) is 5.91 Å². The molecule has 1 unspecified atom stereocenters. The van der Waals surface area contributed by atoms with Crippen molar-refractivity contribution in [2.75, 3.05) is 6.54 Å². The Morgan fingerprint density at radius 3 is 2.48 bits per heavy atom. The third-order valence-corrected chi connectivity index (χ3v) is 5.47. The number of aromatic nitrogens is 2. The van der Waals surface area contributed by atoms with E-state index in [0.29, 0.717) is 41.4 Å². The zero-order chi connectivity index (χ0) is 20.7. The van der Waals surface area contributed by atoms with Gasteiger partial charge in [-0.1, -0.05) is 29.3 Å². The predicted octanol–water partition coefficient (Wildman–Crippen LogP) is 3.93. The van der Waals surface area contributed by atoms with Crippen molar-refractivity contribution in [3.63, 3.8) is 0 Å². The third kappa shape index (κ3) is 5.32. The summed E-state index contributed by atoms with van der Waals surface area (Å²) in [4.78, 5) is 21.0. The minimum absolute atomic E-state index is 0.421. The Balaban J connectivity index is 1.90. The summed E-state index contributed by atoms with van der Waals surface area (Å²) in [6.07, 6.45) is 8.71. The molecule has 29 heavy (non-hydrogen) atoms. The largest absolute Gasteiger partial charge is 0.368 e. The second-order valence-corrected chi connectivity index (χ2v) is 7.63. The average molecular weight is 429 g/mol. The molecule has 7 heteroatoms. The van der Waals surface area contributed by atoms with Crippen molar-refractivity contribution in [2.45, 2.75) is 24.8 Å². The Bertz CT molecular complexity index is 954. The Hall–Kier alpha value is -2.47. The Labute approximate surface area is 180 Å². The maximum atomic E-state index is 12.8. The van der Waals surface area contributed by atoms with Crippen molar-refractivity contribution >= 4 is 29.1 Å². The second kappa shape index (κ2) is 9.83. The van der Waals surface area contributed by atoms with Gasteiger partial charge in [-0.15, -0.1) is 0 Å². The summed E-state index contributed by atoms with van der Waals surface area (Å²) in [5, 5.41) is 4.31. The molecule has 1 amide bonds. The van der Waals surface area contributed by atoms with Gasteiger partial charge >= 0.3 is 0 Å². The van der Waals surface area contributed by atoms with Crippen LogP contribution in [0.1, 0.15) is 23.1 Å². The summed E-state index contributed by atoms with van der Waals surface area (Å²) in [7, 11) is 0. The van der Waals surface area contributed by atoms with E-state index in [4.69, 9.17) is 28.9 Å². The fraction of sp³-hybridized carbons (Fsp3) is 0.227. The van der Waals surface area contributed by atoms with Crippen LogP contribution in [0.4, 0.5) is 0 Å². The van der Waals surface area contributed by atoms with Crippen molar-refractivity contribution < 1.29 is 4.79 Å². The van der Waals surface area contributed by atoms with E-state index in [-0.39, 0.29) is 0 Å². The second-order valence-electron chi connectivity index (χ2n) is 6.79. The zero-order valence-corrected chi connectivity index (χ0v) is 17.3. The molecule has 0 aliphatic rings. The fourth-order valence-corrected chi connectivity index (χ4v) is 3.78. The summed E-state index contributed by atoms with van der Waals surface area (Å²) < 4.78 is 0. The van der Waals surface area contributed by atoms with Crippen LogP contribution in [0, 0.1) is 0 Å². The van der Waals surface area contributed by atoms with Crippen LogP contribution < -0.4 is 11.1 Å². The van der Waals surface area contributed by atoms with Gasteiger partial charge in [0, 0.05) is 46.9 Å². The first-order valence-electron chi connectivity index (χ1n) is 9.29. The lowest BCUT2D eigenvalue weighted by Crippen LogP contribution is -2.53. The molecular weight excluding hydrogens is 407 g/mol. The fourth-order valence-electron chi connectivity index (χ4n) is 3.33. The number of amides is 1. The van der Waals surface area contributed by atoms with Crippen LogP contribution in [0.3, 0.4) is 0 Å². The van der Waals surface area contributed by atoms with E-state index in [1.165, 1.54) is 0 Å². The van der Waals surface area contributed by atoms with Crippen LogP contribution in [0.5, 0.6) is 0 Å². The van der Waals surface area contributed by atoms with Gasteiger partial charge in [0.15, 0.2) is 0 Å². The minimum Gasteiger partial charge on any atom is -0.368 e. The highest BCUT2D eigenvalue weighted by atomic mass is 35.5. The van der Waals surface area contributed by atoms with Gasteiger partial charge in [0.05, 0.1) is 0 Å². The van der Waals surface area contributed by atoms with Crippen LogP contribution in [0.25, 0.3) is 0 Å². The van der Waals surface area contributed by atoms with Crippen LogP contribution >= 0.6 is 23.2 Å². The van der Waals surface area contributed by atoms with E-state index < -0.39 is 11.4 Å². The van der Waals surface area contributed by atoms with Gasteiger partial charge < -0.3 is 5.73 Å². The van der Waals surface area contributed by atoms with Crippen molar-refractivity contribution in [3.8, 4) is 0 Å². The molecular formula is C22H22Cl2N4O. The summed E-state index contributed by atoms with van der Waals surface area (Å²) in [6.45, 7) is 0.531. The molecule has 0 aliphatic carbocycles. The molecule has 3 aromatic rings. The number of aryl methyl sites for hydroxylation is 1. The van der Waals surface area contributed by atoms with E-state index >= 15 is 0 Å². The number of primary amides is 1. The molecule has 0 bridgehead atoms. The lowest BCUT2D eigenvalue weighted by Gasteiger charge is -2.33. The topological polar surface area (TPSA) is 80.9 Å². The highest BCUT2D eigenvalue weighted by Crippen LogP contribution is 2.34. The predicted molar refractivity (Wildman–Crippen MR) is 116 cm³/mol. The average Bonchev–Trinajstić information content (AvgIpc) is 2.74. The number of rotatable bonds is 9. The van der Waals surface area contributed by atoms with Crippen molar-refractivity contribution in [2.24, 2.45) is 5.73 Å². The molecule has 150 valence electrons. The summed E-state index contributed by atoms with van der Waals surface area (Å²) in [5.41, 5.74) is 7.47. The molecule has 2 heterocycles. The SMILES string of the molecule is NC(=O)C(CCc1cccnc1)(NCCc1ccncc1)c1cc(Cl)ccc1Cl. The Morgan fingerprint density at radius 2 is 1.79 bits per heavy atom. The van der Waals surface area contributed by atoms with Crippen molar-refractivity contribution in [1.82, 2.24) is 15.3 Å². The van der Waals surface area contributed by atoms with Crippen LogP contribution in [0.2, 0.25) is 10.0 Å². The number of carbonyl (C=O) groups excluding carboxylic acids is 1. The number of hydrogen-bond donors (Lipinski definition) is 2. The van der Waals surface area contributed by atoms with Gasteiger partial charge in [-0.25, -0.2) is 0 Å². The number of pyridine rings is 2. The molecule has 3 N–H and O–H groups in total. The normalized spacial score (nSPS) is 13.0. The third-order valence-electron chi connectivity index (χ3n) is 4.91. The van der Waals surface area contributed by atoms with Crippen LogP contribution in [0.15, 0.2) is 67.3 Å². The van der Waals surface area contributed by atoms with Crippen LogP contribution in [-0.4, -0.2) is 22.4 Å².